The lowest BCUT2D eigenvalue weighted by Gasteiger charge is -2.28. The summed E-state index contributed by atoms with van der Waals surface area (Å²) in [6, 6.07) is 12.0. The summed E-state index contributed by atoms with van der Waals surface area (Å²) in [4.78, 5) is 19.8. The molecule has 0 spiro atoms. The van der Waals surface area contributed by atoms with Gasteiger partial charge in [-0.2, -0.15) is 0 Å². The van der Waals surface area contributed by atoms with E-state index in [1.165, 1.54) is 5.69 Å². The number of carbonyl (C=O) groups excluding carboxylic acids is 1. The number of nitrogens with one attached hydrogen (secondary N) is 1. The number of amides is 1. The highest BCUT2D eigenvalue weighted by Gasteiger charge is 2.18. The highest BCUT2D eigenvalue weighted by molar-refractivity contribution is 5.94. The van der Waals surface area contributed by atoms with Crippen LogP contribution in [0.1, 0.15) is 28.7 Å². The molecular formula is C22H26N4O3. The number of rotatable bonds is 6. The van der Waals surface area contributed by atoms with Gasteiger partial charge in [-0.1, -0.05) is 19.1 Å². The molecule has 0 bridgehead atoms. The van der Waals surface area contributed by atoms with Crippen molar-refractivity contribution >= 4 is 17.2 Å². The van der Waals surface area contributed by atoms with Crippen LogP contribution in [-0.4, -0.2) is 48.7 Å². The third-order valence-corrected chi connectivity index (χ3v) is 5.21. The van der Waals surface area contributed by atoms with Crippen molar-refractivity contribution in [3.05, 3.63) is 59.5 Å². The number of benzene rings is 1. The molecule has 0 saturated carbocycles. The first kappa shape index (κ1) is 19.3. The van der Waals surface area contributed by atoms with Crippen LogP contribution in [0.4, 0.5) is 5.69 Å². The Morgan fingerprint density at radius 3 is 2.62 bits per heavy atom. The van der Waals surface area contributed by atoms with Crippen LogP contribution in [0.15, 0.2) is 42.6 Å². The monoisotopic (exact) mass is 394 g/mol. The molecule has 3 heterocycles. The Morgan fingerprint density at radius 1 is 1.17 bits per heavy atom. The second-order valence-corrected chi connectivity index (χ2v) is 7.01. The molecule has 1 aromatic carbocycles. The fraction of sp³-hybridized carbons (Fsp3) is 0.364. The molecule has 1 aliphatic heterocycles. The Kier molecular flexibility index (Phi) is 5.67. The molecule has 0 atom stereocenters. The van der Waals surface area contributed by atoms with Crippen molar-refractivity contribution in [2.75, 3.05) is 38.3 Å². The summed E-state index contributed by atoms with van der Waals surface area (Å²) in [5, 5.41) is 3.03. The number of hydrogen-bond acceptors (Lipinski definition) is 5. The van der Waals surface area contributed by atoms with Gasteiger partial charge in [0.25, 0.3) is 5.91 Å². The average Bonchev–Trinajstić information content (AvgIpc) is 3.16. The molecule has 0 unspecified atom stereocenters. The minimum Gasteiger partial charge on any atom is -0.495 e. The third kappa shape index (κ3) is 4.05. The van der Waals surface area contributed by atoms with E-state index in [0.717, 1.165) is 43.2 Å². The van der Waals surface area contributed by atoms with E-state index < -0.39 is 0 Å². The Morgan fingerprint density at radius 2 is 1.93 bits per heavy atom. The van der Waals surface area contributed by atoms with Crippen molar-refractivity contribution in [3.63, 3.8) is 0 Å². The van der Waals surface area contributed by atoms with Crippen LogP contribution in [0, 0.1) is 0 Å². The maximum atomic E-state index is 13.0. The number of imidazole rings is 1. The number of aromatic nitrogens is 2. The van der Waals surface area contributed by atoms with E-state index in [1.807, 2.05) is 19.1 Å². The molecular weight excluding hydrogens is 368 g/mol. The van der Waals surface area contributed by atoms with E-state index in [2.05, 4.69) is 39.5 Å². The van der Waals surface area contributed by atoms with Gasteiger partial charge < -0.3 is 19.7 Å². The highest BCUT2D eigenvalue weighted by atomic mass is 16.5. The molecule has 0 radical (unpaired) electrons. The van der Waals surface area contributed by atoms with Gasteiger partial charge >= 0.3 is 0 Å². The van der Waals surface area contributed by atoms with E-state index in [9.17, 15) is 4.79 Å². The van der Waals surface area contributed by atoms with Gasteiger partial charge in [0.05, 0.1) is 32.2 Å². The van der Waals surface area contributed by atoms with Gasteiger partial charge in [0.15, 0.2) is 0 Å². The van der Waals surface area contributed by atoms with Crippen molar-refractivity contribution in [3.8, 4) is 5.75 Å². The van der Waals surface area contributed by atoms with Crippen LogP contribution in [0.25, 0.3) is 5.65 Å². The number of anilines is 1. The number of pyridine rings is 1. The van der Waals surface area contributed by atoms with Crippen LogP contribution >= 0.6 is 0 Å². The summed E-state index contributed by atoms with van der Waals surface area (Å²) in [5.74, 6) is 0.546. The van der Waals surface area contributed by atoms with Crippen LogP contribution in [0.5, 0.6) is 5.75 Å². The van der Waals surface area contributed by atoms with Gasteiger partial charge in [0.2, 0.25) is 0 Å². The lowest BCUT2D eigenvalue weighted by molar-refractivity contribution is 0.0944. The third-order valence-electron chi connectivity index (χ3n) is 5.21. The quantitative estimate of drug-likeness (QED) is 0.696. The predicted molar refractivity (Wildman–Crippen MR) is 112 cm³/mol. The Hall–Kier alpha value is -3.06. The molecule has 2 aromatic heterocycles. The summed E-state index contributed by atoms with van der Waals surface area (Å²) in [6.07, 6.45) is 2.48. The van der Waals surface area contributed by atoms with Crippen LogP contribution < -0.4 is 15.0 Å². The first-order chi connectivity index (χ1) is 14.2. The molecule has 7 nitrogen and oxygen atoms in total. The van der Waals surface area contributed by atoms with Crippen molar-refractivity contribution in [1.29, 1.82) is 0 Å². The summed E-state index contributed by atoms with van der Waals surface area (Å²) in [7, 11) is 1.61. The Bertz CT molecular complexity index is 991. The molecule has 7 heteroatoms. The minimum absolute atomic E-state index is 0.139. The molecule has 1 saturated heterocycles. The predicted octanol–water partition coefficient (Wildman–Crippen LogP) is 2.67. The second kappa shape index (κ2) is 8.53. The number of aryl methyl sites for hydroxylation is 1. The standard InChI is InChI=1S/C22H26N4O3/c1-3-19-21(26-15-18(28-2)8-9-20(26)24-19)22(27)23-14-16-4-6-17(7-5-16)25-10-12-29-13-11-25/h4-9,15H,3,10-14H2,1-2H3,(H,23,27). The number of nitrogens with zero attached hydrogens (tertiary/aromatic N) is 3. The minimum atomic E-state index is -0.139. The summed E-state index contributed by atoms with van der Waals surface area (Å²) < 4.78 is 12.5. The van der Waals surface area contributed by atoms with Gasteiger partial charge in [0, 0.05) is 25.3 Å². The van der Waals surface area contributed by atoms with Crippen LogP contribution in [-0.2, 0) is 17.7 Å². The van der Waals surface area contributed by atoms with E-state index in [0.29, 0.717) is 24.4 Å². The van der Waals surface area contributed by atoms with Gasteiger partial charge in [-0.15, -0.1) is 0 Å². The summed E-state index contributed by atoms with van der Waals surface area (Å²) in [5.41, 5.74) is 4.32. The molecule has 1 fully saturated rings. The lowest BCUT2D eigenvalue weighted by Crippen LogP contribution is -2.36. The topological polar surface area (TPSA) is 68.1 Å². The largest absolute Gasteiger partial charge is 0.495 e. The van der Waals surface area contributed by atoms with Crippen LogP contribution in [0.2, 0.25) is 0 Å². The molecule has 1 amide bonds. The number of ether oxygens (including phenoxy) is 2. The van der Waals surface area contributed by atoms with E-state index in [-0.39, 0.29) is 5.91 Å². The van der Waals surface area contributed by atoms with Gasteiger partial charge in [-0.05, 0) is 36.2 Å². The van der Waals surface area contributed by atoms with Gasteiger partial charge in [-0.3, -0.25) is 9.20 Å². The molecule has 0 aliphatic carbocycles. The average molecular weight is 394 g/mol. The Balaban J connectivity index is 1.48. The van der Waals surface area contributed by atoms with Crippen LogP contribution in [0.3, 0.4) is 0 Å². The Labute approximate surface area is 170 Å². The van der Waals surface area contributed by atoms with Crippen molar-refractivity contribution in [1.82, 2.24) is 14.7 Å². The fourth-order valence-electron chi connectivity index (χ4n) is 3.59. The number of methoxy groups -OCH3 is 1. The first-order valence-electron chi connectivity index (χ1n) is 9.94. The number of morpholine rings is 1. The van der Waals surface area contributed by atoms with Crippen molar-refractivity contribution in [2.24, 2.45) is 0 Å². The molecule has 152 valence electrons. The summed E-state index contributed by atoms with van der Waals surface area (Å²) in [6.45, 7) is 5.81. The van der Waals surface area contributed by atoms with E-state index in [4.69, 9.17) is 9.47 Å². The molecule has 3 aromatic rings. The smallest absolute Gasteiger partial charge is 0.270 e. The zero-order valence-corrected chi connectivity index (χ0v) is 16.9. The molecule has 29 heavy (non-hydrogen) atoms. The van der Waals surface area contributed by atoms with Gasteiger partial charge in [-0.25, -0.2) is 4.98 Å². The molecule has 1 N–H and O–H groups in total. The van der Waals surface area contributed by atoms with Crippen molar-refractivity contribution in [2.45, 2.75) is 19.9 Å². The number of hydrogen-bond donors (Lipinski definition) is 1. The lowest BCUT2D eigenvalue weighted by atomic mass is 10.1. The molecule has 1 aliphatic rings. The second-order valence-electron chi connectivity index (χ2n) is 7.01. The zero-order valence-electron chi connectivity index (χ0n) is 16.9. The van der Waals surface area contributed by atoms with E-state index in [1.54, 1.807) is 17.7 Å². The SMILES string of the molecule is CCc1nc2ccc(OC)cn2c1C(=O)NCc1ccc(N2CCOCC2)cc1. The van der Waals surface area contributed by atoms with E-state index >= 15 is 0 Å². The molecule has 4 rings (SSSR count). The first-order valence-corrected chi connectivity index (χ1v) is 9.94. The maximum Gasteiger partial charge on any atom is 0.270 e. The van der Waals surface area contributed by atoms with Crippen molar-refractivity contribution < 1.29 is 14.3 Å². The zero-order chi connectivity index (χ0) is 20.2. The summed E-state index contributed by atoms with van der Waals surface area (Å²) >= 11 is 0. The number of fused-ring (bicyclic) bond motifs is 1. The fourth-order valence-corrected chi connectivity index (χ4v) is 3.59. The number of carbonyl (C=O) groups is 1. The highest BCUT2D eigenvalue weighted by Crippen LogP contribution is 2.19. The normalized spacial score (nSPS) is 14.2. The maximum absolute atomic E-state index is 13.0. The van der Waals surface area contributed by atoms with Gasteiger partial charge in [0.1, 0.15) is 17.1 Å².